The van der Waals surface area contributed by atoms with Crippen molar-refractivity contribution in [2.45, 2.75) is 52.6 Å². The molecule has 0 aromatic carbocycles. The topological polar surface area (TPSA) is 55.8 Å². The second-order valence-electron chi connectivity index (χ2n) is 5.00. The summed E-state index contributed by atoms with van der Waals surface area (Å²) in [5.41, 5.74) is -1.50. The van der Waals surface area contributed by atoms with Crippen molar-refractivity contribution in [1.29, 1.82) is 0 Å². The molecule has 0 aromatic heterocycles. The van der Waals surface area contributed by atoms with Gasteiger partial charge in [-0.1, -0.05) is 20.8 Å². The second kappa shape index (κ2) is 3.21. The Balaban J connectivity index is 2.84. The van der Waals surface area contributed by atoms with E-state index in [4.69, 9.17) is 9.47 Å². The van der Waals surface area contributed by atoms with Crippen molar-refractivity contribution in [1.82, 2.24) is 0 Å². The summed E-state index contributed by atoms with van der Waals surface area (Å²) >= 11 is 0. The molecule has 0 radical (unpaired) electrons. The second-order valence-corrected chi connectivity index (χ2v) is 5.00. The number of aliphatic hydroxyl groups is 1. The van der Waals surface area contributed by atoms with Crippen LogP contribution in [0.3, 0.4) is 0 Å². The van der Waals surface area contributed by atoms with Crippen LogP contribution >= 0.6 is 0 Å². The standard InChI is InChI=1S/C10H18O4/c1-6(11)10(5)7(12)13-8(14-10)9(2,3)4/h6,8,11H,1-5H3/t6-,8+,10+/m0/s1. The number of aliphatic hydroxyl groups excluding tert-OH is 1. The van der Waals surface area contributed by atoms with E-state index in [1.807, 2.05) is 20.8 Å². The fraction of sp³-hybridized carbons (Fsp3) is 0.900. The SMILES string of the molecule is C[C@H](O)[C@@]1(C)O[C@H](C(C)(C)C)OC1=O. The molecular weight excluding hydrogens is 184 g/mol. The molecule has 0 spiro atoms. The van der Waals surface area contributed by atoms with Crippen LogP contribution in [-0.4, -0.2) is 29.1 Å². The average Bonchev–Trinajstić information content (AvgIpc) is 2.28. The highest BCUT2D eigenvalue weighted by Gasteiger charge is 2.53. The number of carbonyl (C=O) groups is 1. The molecule has 1 fully saturated rings. The summed E-state index contributed by atoms with van der Waals surface area (Å²) in [4.78, 5) is 11.5. The average molecular weight is 202 g/mol. The van der Waals surface area contributed by atoms with Gasteiger partial charge in [-0.3, -0.25) is 0 Å². The lowest BCUT2D eigenvalue weighted by atomic mass is 9.96. The van der Waals surface area contributed by atoms with E-state index in [1.54, 1.807) is 6.92 Å². The van der Waals surface area contributed by atoms with Gasteiger partial charge >= 0.3 is 5.97 Å². The van der Waals surface area contributed by atoms with E-state index < -0.39 is 24.0 Å². The Bertz CT molecular complexity index is 241. The monoisotopic (exact) mass is 202 g/mol. The van der Waals surface area contributed by atoms with Crippen LogP contribution in [0, 0.1) is 5.41 Å². The van der Waals surface area contributed by atoms with Crippen LogP contribution < -0.4 is 0 Å². The maximum atomic E-state index is 11.5. The molecule has 1 N–H and O–H groups in total. The Morgan fingerprint density at radius 2 is 2.00 bits per heavy atom. The van der Waals surface area contributed by atoms with E-state index in [0.717, 1.165) is 0 Å². The molecule has 1 rings (SSSR count). The van der Waals surface area contributed by atoms with Gasteiger partial charge in [0.05, 0.1) is 6.10 Å². The molecule has 1 aliphatic rings. The van der Waals surface area contributed by atoms with Gasteiger partial charge in [-0.2, -0.15) is 0 Å². The number of hydrogen-bond donors (Lipinski definition) is 1. The van der Waals surface area contributed by atoms with Crippen molar-refractivity contribution in [3.8, 4) is 0 Å². The van der Waals surface area contributed by atoms with Crippen LogP contribution in [0.1, 0.15) is 34.6 Å². The third kappa shape index (κ3) is 1.77. The van der Waals surface area contributed by atoms with Gasteiger partial charge in [0.2, 0.25) is 6.29 Å². The number of carbonyl (C=O) groups excluding carboxylic acids is 1. The van der Waals surface area contributed by atoms with Crippen molar-refractivity contribution in [2.24, 2.45) is 5.41 Å². The van der Waals surface area contributed by atoms with E-state index in [2.05, 4.69) is 0 Å². The third-order valence-corrected chi connectivity index (χ3v) is 2.48. The predicted octanol–water partition coefficient (Wildman–Crippen LogP) is 1.07. The Hall–Kier alpha value is -0.610. The zero-order valence-corrected chi connectivity index (χ0v) is 9.33. The highest BCUT2D eigenvalue weighted by Crippen LogP contribution is 2.36. The van der Waals surface area contributed by atoms with Crippen molar-refractivity contribution in [3.63, 3.8) is 0 Å². The van der Waals surface area contributed by atoms with E-state index >= 15 is 0 Å². The minimum absolute atomic E-state index is 0.275. The number of esters is 1. The van der Waals surface area contributed by atoms with Gasteiger partial charge in [0.15, 0.2) is 5.60 Å². The molecule has 0 saturated carbocycles. The van der Waals surface area contributed by atoms with Crippen LogP contribution in [-0.2, 0) is 14.3 Å². The largest absolute Gasteiger partial charge is 0.433 e. The molecule has 0 amide bonds. The zero-order chi connectivity index (χ0) is 11.1. The number of rotatable bonds is 1. The first kappa shape index (κ1) is 11.5. The molecule has 0 bridgehead atoms. The van der Waals surface area contributed by atoms with Crippen LogP contribution in [0.15, 0.2) is 0 Å². The summed E-state index contributed by atoms with van der Waals surface area (Å²) in [6.07, 6.45) is -1.46. The molecule has 14 heavy (non-hydrogen) atoms. The maximum absolute atomic E-state index is 11.5. The van der Waals surface area contributed by atoms with E-state index in [-0.39, 0.29) is 5.41 Å². The lowest BCUT2D eigenvalue weighted by molar-refractivity contribution is -0.162. The minimum atomic E-state index is -1.22. The van der Waals surface area contributed by atoms with Crippen LogP contribution in [0.4, 0.5) is 0 Å². The first-order chi connectivity index (χ1) is 6.18. The van der Waals surface area contributed by atoms with Gasteiger partial charge in [-0.15, -0.1) is 0 Å². The number of ether oxygens (including phenoxy) is 2. The van der Waals surface area contributed by atoms with Gasteiger partial charge < -0.3 is 14.6 Å². The van der Waals surface area contributed by atoms with Crippen molar-refractivity contribution in [2.75, 3.05) is 0 Å². The summed E-state index contributed by atoms with van der Waals surface area (Å²) in [7, 11) is 0. The molecule has 4 heteroatoms. The fourth-order valence-corrected chi connectivity index (χ4v) is 1.13. The summed E-state index contributed by atoms with van der Waals surface area (Å²) in [6.45, 7) is 8.81. The molecule has 0 unspecified atom stereocenters. The van der Waals surface area contributed by atoms with Gasteiger partial charge in [-0.05, 0) is 13.8 Å². The van der Waals surface area contributed by atoms with Gasteiger partial charge in [0.25, 0.3) is 0 Å². The highest BCUT2D eigenvalue weighted by molar-refractivity contribution is 5.81. The van der Waals surface area contributed by atoms with Crippen molar-refractivity contribution >= 4 is 5.97 Å². The van der Waals surface area contributed by atoms with E-state index in [0.29, 0.717) is 0 Å². The van der Waals surface area contributed by atoms with Crippen molar-refractivity contribution < 1.29 is 19.4 Å². The molecule has 0 aromatic rings. The maximum Gasteiger partial charge on any atom is 0.343 e. The molecule has 4 nitrogen and oxygen atoms in total. The summed E-state index contributed by atoms with van der Waals surface area (Å²) in [6, 6.07) is 0. The molecule has 1 saturated heterocycles. The Kier molecular flexibility index (Phi) is 2.63. The molecule has 1 heterocycles. The van der Waals surface area contributed by atoms with Crippen molar-refractivity contribution in [3.05, 3.63) is 0 Å². The first-order valence-corrected chi connectivity index (χ1v) is 4.75. The van der Waals surface area contributed by atoms with Crippen LogP contribution in [0.2, 0.25) is 0 Å². The highest BCUT2D eigenvalue weighted by atomic mass is 16.8. The zero-order valence-electron chi connectivity index (χ0n) is 9.33. The molecule has 3 atom stereocenters. The predicted molar refractivity (Wildman–Crippen MR) is 50.5 cm³/mol. The quantitative estimate of drug-likeness (QED) is 0.646. The molecule has 82 valence electrons. The summed E-state index contributed by atoms with van der Waals surface area (Å²) in [5, 5.41) is 9.44. The Morgan fingerprint density at radius 3 is 2.21 bits per heavy atom. The van der Waals surface area contributed by atoms with Gasteiger partial charge in [0.1, 0.15) is 0 Å². The number of hydrogen-bond acceptors (Lipinski definition) is 4. The smallest absolute Gasteiger partial charge is 0.343 e. The number of cyclic esters (lactones) is 1. The minimum Gasteiger partial charge on any atom is -0.433 e. The third-order valence-electron chi connectivity index (χ3n) is 2.48. The first-order valence-electron chi connectivity index (χ1n) is 4.75. The van der Waals surface area contributed by atoms with E-state index in [1.165, 1.54) is 6.92 Å². The van der Waals surface area contributed by atoms with Gasteiger partial charge in [-0.25, -0.2) is 4.79 Å². The fourth-order valence-electron chi connectivity index (χ4n) is 1.13. The van der Waals surface area contributed by atoms with Gasteiger partial charge in [0, 0.05) is 5.41 Å². The molecular formula is C10H18O4. The molecule has 0 aliphatic carbocycles. The normalized spacial score (nSPS) is 35.6. The van der Waals surface area contributed by atoms with E-state index in [9.17, 15) is 9.90 Å². The molecule has 1 aliphatic heterocycles. The van der Waals surface area contributed by atoms with Crippen LogP contribution in [0.5, 0.6) is 0 Å². The van der Waals surface area contributed by atoms with Crippen LogP contribution in [0.25, 0.3) is 0 Å². The lowest BCUT2D eigenvalue weighted by Crippen LogP contribution is -2.44. The summed E-state index contributed by atoms with van der Waals surface area (Å²) in [5.74, 6) is -0.493. The Morgan fingerprint density at radius 1 is 1.50 bits per heavy atom. The lowest BCUT2D eigenvalue weighted by Gasteiger charge is -2.27. The summed E-state index contributed by atoms with van der Waals surface area (Å²) < 4.78 is 10.5. The Labute approximate surface area is 84.2 Å².